The van der Waals surface area contributed by atoms with Crippen LogP contribution in [0.2, 0.25) is 0 Å². The Morgan fingerprint density at radius 3 is 2.36 bits per heavy atom. The van der Waals surface area contributed by atoms with Crippen LogP contribution in [0, 0.1) is 0 Å². The Bertz CT molecular complexity index is 2060. The third kappa shape index (κ3) is 2.26. The van der Waals surface area contributed by atoms with Gasteiger partial charge in [-0.25, -0.2) is 18.1 Å². The van der Waals surface area contributed by atoms with Gasteiger partial charge in [0, 0.05) is 16.5 Å². The van der Waals surface area contributed by atoms with Gasteiger partial charge >= 0.3 is 6.09 Å². The summed E-state index contributed by atoms with van der Waals surface area (Å²) >= 11 is 0. The van der Waals surface area contributed by atoms with E-state index < -0.39 is 15.9 Å². The van der Waals surface area contributed by atoms with Crippen LogP contribution in [0.4, 0.5) is 16.2 Å². The summed E-state index contributed by atoms with van der Waals surface area (Å²) in [6, 6.07) is 29.9. The predicted octanol–water partition coefficient (Wildman–Crippen LogP) is 6.73. The normalized spacial score (nSPS) is 15.3. The van der Waals surface area contributed by atoms with Gasteiger partial charge in [0.25, 0.3) is 0 Å². The lowest BCUT2D eigenvalue weighted by atomic mass is 10.0. The molecule has 0 saturated carbocycles. The maximum absolute atomic E-state index is 14.3. The molecule has 0 fully saturated rings. The van der Waals surface area contributed by atoms with Crippen molar-refractivity contribution in [2.75, 3.05) is 4.90 Å². The van der Waals surface area contributed by atoms with E-state index in [2.05, 4.69) is 4.57 Å². The smallest absolute Gasteiger partial charge is 0.409 e. The van der Waals surface area contributed by atoms with Crippen LogP contribution in [0.25, 0.3) is 38.3 Å². The molecule has 0 aliphatic carbocycles. The number of hydrogen-bond acceptors (Lipinski definition) is 4. The number of aromatic nitrogens is 1. The fourth-order valence-corrected chi connectivity index (χ4v) is 7.55. The molecule has 8 rings (SSSR count). The van der Waals surface area contributed by atoms with E-state index in [0.29, 0.717) is 27.9 Å². The first-order valence-corrected chi connectivity index (χ1v) is 13.0. The topological polar surface area (TPSA) is 68.6 Å². The fraction of sp³-hybridized carbons (Fsp3) is 0. The summed E-state index contributed by atoms with van der Waals surface area (Å²) < 4.78 is 36.4. The maximum atomic E-state index is 14.3. The molecule has 0 N–H and O–H groups in total. The van der Waals surface area contributed by atoms with Crippen molar-refractivity contribution >= 4 is 59.9 Å². The minimum absolute atomic E-state index is 0.107. The summed E-state index contributed by atoms with van der Waals surface area (Å²) in [5.74, 6) is 0.367. The summed E-state index contributed by atoms with van der Waals surface area (Å²) in [5, 5.41) is 2.82. The molecule has 0 atom stereocenters. The second-order valence-electron chi connectivity index (χ2n) is 8.97. The van der Waals surface area contributed by atoms with E-state index in [9.17, 15) is 13.2 Å². The van der Waals surface area contributed by atoms with Crippen LogP contribution in [-0.4, -0.2) is 19.1 Å². The first-order valence-electron chi connectivity index (χ1n) is 11.5. The van der Waals surface area contributed by atoms with Crippen molar-refractivity contribution in [3.63, 3.8) is 0 Å². The Morgan fingerprint density at radius 2 is 1.50 bits per heavy atom. The Hall–Kier alpha value is -4.62. The number of carbonyl (C=O) groups is 1. The first kappa shape index (κ1) is 19.7. The lowest BCUT2D eigenvalue weighted by Crippen LogP contribution is -2.36. The van der Waals surface area contributed by atoms with Gasteiger partial charge in [-0.15, -0.1) is 0 Å². The van der Waals surface area contributed by atoms with Crippen molar-refractivity contribution in [1.82, 2.24) is 4.57 Å². The molecule has 3 heterocycles. The van der Waals surface area contributed by atoms with Crippen LogP contribution in [0.15, 0.2) is 107 Å². The van der Waals surface area contributed by atoms with E-state index in [1.54, 1.807) is 30.3 Å². The predicted molar refractivity (Wildman–Crippen MR) is 138 cm³/mol. The van der Waals surface area contributed by atoms with E-state index in [0.717, 1.165) is 27.5 Å². The highest BCUT2D eigenvalue weighted by atomic mass is 32.2. The van der Waals surface area contributed by atoms with Crippen molar-refractivity contribution in [1.29, 1.82) is 0 Å². The lowest BCUT2D eigenvalue weighted by molar-refractivity contribution is 0.209. The molecule has 0 radical (unpaired) electrons. The standard InChI is InChI=1S/C29H16N2O4S/c32-29-31-22-15-14-21-26(19-10-4-5-11-20(19)30(21)18-8-2-1-3-9-18)28(22)36(33,34)24-16-13-17-7-6-12-23(35-29)25(17)27(24)31/h1-16H. The van der Waals surface area contributed by atoms with E-state index in [1.807, 2.05) is 66.7 Å². The van der Waals surface area contributed by atoms with Gasteiger partial charge < -0.3 is 9.30 Å². The van der Waals surface area contributed by atoms with Crippen molar-refractivity contribution in [3.8, 4) is 11.4 Å². The molecule has 2 aliphatic heterocycles. The summed E-state index contributed by atoms with van der Waals surface area (Å²) in [5.41, 5.74) is 3.22. The van der Waals surface area contributed by atoms with Gasteiger partial charge in [-0.1, -0.05) is 54.6 Å². The maximum Gasteiger partial charge on any atom is 0.424 e. The number of para-hydroxylation sites is 2. The van der Waals surface area contributed by atoms with Crippen molar-refractivity contribution in [3.05, 3.63) is 97.1 Å². The van der Waals surface area contributed by atoms with Crippen LogP contribution >= 0.6 is 0 Å². The van der Waals surface area contributed by atoms with Gasteiger partial charge in [-0.05, 0) is 47.9 Å². The quantitative estimate of drug-likeness (QED) is 0.257. The minimum Gasteiger partial charge on any atom is -0.409 e. The monoisotopic (exact) mass is 488 g/mol. The zero-order chi connectivity index (χ0) is 24.2. The van der Waals surface area contributed by atoms with Gasteiger partial charge in [0.05, 0.1) is 32.7 Å². The number of benzene rings is 5. The number of anilines is 2. The van der Waals surface area contributed by atoms with Gasteiger partial charge in [-0.2, -0.15) is 0 Å². The van der Waals surface area contributed by atoms with Crippen LogP contribution in [0.1, 0.15) is 0 Å². The fourth-order valence-electron chi connectivity index (χ4n) is 5.71. The minimum atomic E-state index is -3.98. The van der Waals surface area contributed by atoms with E-state index in [1.165, 1.54) is 4.90 Å². The third-order valence-corrected chi connectivity index (χ3v) is 8.99. The number of sulfone groups is 1. The molecule has 1 amide bonds. The molecule has 0 bridgehead atoms. The van der Waals surface area contributed by atoms with Gasteiger partial charge in [0.15, 0.2) is 0 Å². The molecule has 1 aromatic heterocycles. The third-order valence-electron chi connectivity index (χ3n) is 7.13. The summed E-state index contributed by atoms with van der Waals surface area (Å²) in [7, 11) is -3.98. The van der Waals surface area contributed by atoms with E-state index in [-0.39, 0.29) is 9.79 Å². The van der Waals surface area contributed by atoms with Gasteiger partial charge in [0.2, 0.25) is 9.84 Å². The largest absolute Gasteiger partial charge is 0.424 e. The highest BCUT2D eigenvalue weighted by Crippen LogP contribution is 2.54. The lowest BCUT2D eigenvalue weighted by Gasteiger charge is -2.35. The second-order valence-corrected chi connectivity index (χ2v) is 10.8. The molecule has 5 aromatic carbocycles. The van der Waals surface area contributed by atoms with E-state index in [4.69, 9.17) is 4.74 Å². The highest BCUT2D eigenvalue weighted by molar-refractivity contribution is 7.92. The van der Waals surface area contributed by atoms with Crippen molar-refractivity contribution in [2.45, 2.75) is 9.79 Å². The summed E-state index contributed by atoms with van der Waals surface area (Å²) in [4.78, 5) is 15.0. The first-order chi connectivity index (χ1) is 17.6. The number of fused-ring (bicyclic) bond motifs is 6. The van der Waals surface area contributed by atoms with Gasteiger partial charge in [0.1, 0.15) is 10.6 Å². The molecular weight excluding hydrogens is 472 g/mol. The number of nitrogens with zero attached hydrogens (tertiary/aromatic N) is 2. The average Bonchev–Trinajstić information content (AvgIpc) is 3.23. The van der Waals surface area contributed by atoms with Crippen LogP contribution in [0.5, 0.6) is 5.75 Å². The Kier molecular flexibility index (Phi) is 3.57. The molecule has 6 aromatic rings. The number of hydrogen-bond donors (Lipinski definition) is 0. The molecule has 172 valence electrons. The van der Waals surface area contributed by atoms with E-state index >= 15 is 0 Å². The number of rotatable bonds is 1. The van der Waals surface area contributed by atoms with Gasteiger partial charge in [-0.3, -0.25) is 0 Å². The Balaban J connectivity index is 1.58. The molecule has 7 heteroatoms. The molecule has 0 unspecified atom stereocenters. The molecule has 0 saturated heterocycles. The summed E-state index contributed by atoms with van der Waals surface area (Å²) in [6.45, 7) is 0. The average molecular weight is 489 g/mol. The zero-order valence-electron chi connectivity index (χ0n) is 18.7. The highest BCUT2D eigenvalue weighted by Gasteiger charge is 2.43. The second kappa shape index (κ2) is 6.53. The summed E-state index contributed by atoms with van der Waals surface area (Å²) in [6.07, 6.45) is -0.621. The molecule has 0 spiro atoms. The SMILES string of the molecule is O=C1Oc2cccc3ccc4c(c23)N1c1ccc2c(c1S4(=O)=O)c1ccccc1n2-c1ccccc1. The number of ether oxygens (including phenoxy) is 1. The van der Waals surface area contributed by atoms with Crippen LogP contribution in [-0.2, 0) is 9.84 Å². The molecule has 2 aliphatic rings. The zero-order valence-corrected chi connectivity index (χ0v) is 19.5. The van der Waals surface area contributed by atoms with Crippen molar-refractivity contribution in [2.24, 2.45) is 0 Å². The number of carbonyl (C=O) groups excluding carboxylic acids is 1. The Labute approximate surface area is 205 Å². The van der Waals surface area contributed by atoms with Crippen LogP contribution in [0.3, 0.4) is 0 Å². The molecule has 36 heavy (non-hydrogen) atoms. The van der Waals surface area contributed by atoms with Crippen LogP contribution < -0.4 is 9.64 Å². The number of amides is 1. The molecule has 6 nitrogen and oxygen atoms in total. The molecular formula is C29H16N2O4S. The van der Waals surface area contributed by atoms with Crippen molar-refractivity contribution < 1.29 is 17.9 Å². The Morgan fingerprint density at radius 1 is 0.694 bits per heavy atom.